The fourth-order valence-electron chi connectivity index (χ4n) is 9.46. The van der Waals surface area contributed by atoms with E-state index < -0.39 is 18.1 Å². The van der Waals surface area contributed by atoms with E-state index in [4.69, 9.17) is 21.8 Å². The molecule has 13 aromatic rings. The Morgan fingerprint density at radius 1 is 0.371 bits per heavy atom. The molecule has 0 saturated carbocycles. The molecule has 0 saturated heterocycles. The van der Waals surface area contributed by atoms with Crippen LogP contribution in [0, 0.1) is 0 Å². The molecule has 5 heteroatoms. The Kier molecular flexibility index (Phi) is 6.69. The summed E-state index contributed by atoms with van der Waals surface area (Å²) in [4.78, 5) is 15.1. The topological polar surface area (TPSA) is 43.6 Å². The Balaban J connectivity index is 1.16. The van der Waals surface area contributed by atoms with Crippen LogP contribution in [0.15, 0.2) is 206 Å². The monoisotopic (exact) mass is 811 g/mol. The van der Waals surface area contributed by atoms with Gasteiger partial charge in [0.05, 0.1) is 17.9 Å². The average molecular weight is 812 g/mol. The second-order valence-electron chi connectivity index (χ2n) is 15.5. The third-order valence-corrected chi connectivity index (χ3v) is 13.4. The van der Waals surface area contributed by atoms with Crippen molar-refractivity contribution in [3.05, 3.63) is 206 Å². The molecule has 0 radical (unpaired) electrons. The maximum Gasteiger partial charge on any atom is 0.165 e. The molecule has 0 aliphatic rings. The number of fused-ring (bicyclic) bond motifs is 12. The van der Waals surface area contributed by atoms with Crippen molar-refractivity contribution in [3.63, 3.8) is 0 Å². The summed E-state index contributed by atoms with van der Waals surface area (Å²) in [7, 11) is 0. The Labute approximate surface area is 367 Å². The molecular weight excluding hydrogens is 773 g/mol. The van der Waals surface area contributed by atoms with Gasteiger partial charge in [0.1, 0.15) is 0 Å². The van der Waals surface area contributed by atoms with E-state index in [0.717, 1.165) is 64.4 Å². The fourth-order valence-corrected chi connectivity index (χ4v) is 10.8. The average Bonchev–Trinajstić information content (AvgIpc) is 3.93. The van der Waals surface area contributed by atoms with Gasteiger partial charge in [-0.05, 0) is 62.1 Å². The van der Waals surface area contributed by atoms with Crippen molar-refractivity contribution in [1.82, 2.24) is 19.5 Å². The van der Waals surface area contributed by atoms with E-state index in [1.54, 1.807) is 11.3 Å². The molecule has 13 rings (SSSR count). The summed E-state index contributed by atoms with van der Waals surface area (Å²) in [6.45, 7) is 0. The van der Waals surface area contributed by atoms with Gasteiger partial charge in [-0.25, -0.2) is 15.0 Å². The first-order valence-electron chi connectivity index (χ1n) is 23.0. The predicted octanol–water partition coefficient (Wildman–Crippen LogP) is 15.5. The largest absolute Gasteiger partial charge is 0.309 e. The minimum Gasteiger partial charge on any atom is -0.309 e. The van der Waals surface area contributed by atoms with Gasteiger partial charge in [0, 0.05) is 58.9 Å². The maximum atomic E-state index is 8.99. The van der Waals surface area contributed by atoms with Gasteiger partial charge in [-0.2, -0.15) is 0 Å². The Hall–Kier alpha value is -7.99. The molecule has 3 aromatic heterocycles. The summed E-state index contributed by atoms with van der Waals surface area (Å²) in [6, 6.07) is 59.1. The molecule has 3 heterocycles. The van der Waals surface area contributed by atoms with E-state index in [1.807, 2.05) is 30.3 Å². The third-order valence-electron chi connectivity index (χ3n) is 12.1. The summed E-state index contributed by atoms with van der Waals surface area (Å²) in [6.07, 6.45) is 0. The van der Waals surface area contributed by atoms with Crippen LogP contribution in [0.4, 0.5) is 0 Å². The minimum absolute atomic E-state index is 0.00655. The van der Waals surface area contributed by atoms with Gasteiger partial charge in [-0.1, -0.05) is 182 Å². The van der Waals surface area contributed by atoms with Crippen LogP contribution >= 0.6 is 11.3 Å². The molecule has 4 nitrogen and oxygen atoms in total. The molecular formula is C57H34N4S. The predicted molar refractivity (Wildman–Crippen MR) is 261 cm³/mol. The number of nitrogens with zero attached hydrogens (tertiary/aromatic N) is 4. The van der Waals surface area contributed by atoms with E-state index in [0.29, 0.717) is 17.2 Å². The van der Waals surface area contributed by atoms with Gasteiger partial charge < -0.3 is 4.57 Å². The zero-order valence-corrected chi connectivity index (χ0v) is 33.8. The molecule has 0 bridgehead atoms. The molecule has 62 heavy (non-hydrogen) atoms. The zero-order valence-electron chi connectivity index (χ0n) is 37.9. The highest BCUT2D eigenvalue weighted by Gasteiger charge is 2.23. The molecule has 0 aliphatic carbocycles. The Morgan fingerprint density at radius 3 is 1.55 bits per heavy atom. The van der Waals surface area contributed by atoms with Crippen LogP contribution < -0.4 is 0 Å². The molecule has 0 unspecified atom stereocenters. The van der Waals surface area contributed by atoms with Gasteiger partial charge in [-0.3, -0.25) is 0 Å². The van der Waals surface area contributed by atoms with Crippen LogP contribution in [0.25, 0.3) is 125 Å². The quantitative estimate of drug-likeness (QED) is 0.163. The molecule has 10 aromatic carbocycles. The number of aromatic nitrogens is 4. The van der Waals surface area contributed by atoms with Gasteiger partial charge in [0.2, 0.25) is 0 Å². The van der Waals surface area contributed by atoms with Crippen LogP contribution in [0.5, 0.6) is 0 Å². The molecule has 0 fully saturated rings. The number of rotatable bonds is 5. The molecule has 0 aliphatic heterocycles. The van der Waals surface area contributed by atoms with Crippen LogP contribution in [-0.4, -0.2) is 19.5 Å². The zero-order chi connectivity index (χ0) is 45.1. The number of hydrogen-bond acceptors (Lipinski definition) is 4. The van der Waals surface area contributed by atoms with E-state index in [-0.39, 0.29) is 23.5 Å². The first kappa shape index (κ1) is 30.1. The van der Waals surface area contributed by atoms with Crippen molar-refractivity contribution >= 4 is 85.6 Å². The van der Waals surface area contributed by atoms with Gasteiger partial charge in [-0.15, -0.1) is 11.3 Å². The van der Waals surface area contributed by atoms with Crippen molar-refractivity contribution in [2.45, 2.75) is 0 Å². The molecule has 0 amide bonds. The lowest BCUT2D eigenvalue weighted by Crippen LogP contribution is -2.01. The van der Waals surface area contributed by atoms with E-state index >= 15 is 0 Å². The highest BCUT2D eigenvalue weighted by atomic mass is 32.1. The number of hydrogen-bond donors (Lipinski definition) is 0. The first-order valence-corrected chi connectivity index (χ1v) is 21.4. The number of para-hydroxylation sites is 2. The maximum absolute atomic E-state index is 8.99. The normalized spacial score (nSPS) is 13.0. The molecule has 0 N–H and O–H groups in total. The Bertz CT molecular complexity index is 4110. The molecule has 0 atom stereocenters. The van der Waals surface area contributed by atoms with Crippen molar-refractivity contribution in [3.8, 4) is 51.0 Å². The Morgan fingerprint density at radius 2 is 0.871 bits per heavy atom. The summed E-state index contributed by atoms with van der Waals surface area (Å²) in [5.41, 5.74) is 6.57. The molecule has 288 valence electrons. The SMILES string of the molecule is [2H]c1c([2H])c([2H])c(-c2nc(-c3ccccc3)nc(-c3cc(-n4c5ccccc5c5ccccc54)cc4c3sc3c(-c5cccc6c7ccccc7c7ccccc7c56)cccc34)n2)c([2H])c1[2H]. The lowest BCUT2D eigenvalue weighted by molar-refractivity contribution is 1.07. The van der Waals surface area contributed by atoms with Crippen LogP contribution in [-0.2, 0) is 0 Å². The standard InChI is InChI=1S/C57H34N4S/c1-3-17-35(18-4-1)55-58-56(36-19-5-2-6-20-36)60-57(59-55)49-34-37(61-50-31-13-11-24-41(50)42-25-12-14-32-51(42)61)33-48-47-30-16-29-46(53(47)62-54(48)49)45-28-15-27-44-40-22-8-7-21-38(40)39-23-9-10-26-43(39)52(44)45/h1-34H/i1D,3D,4D,17D,18D. The van der Waals surface area contributed by atoms with Crippen molar-refractivity contribution in [2.75, 3.05) is 0 Å². The van der Waals surface area contributed by atoms with Crippen molar-refractivity contribution in [1.29, 1.82) is 0 Å². The van der Waals surface area contributed by atoms with Crippen molar-refractivity contribution < 1.29 is 6.85 Å². The lowest BCUT2D eigenvalue weighted by atomic mass is 9.89. The third kappa shape index (κ3) is 5.29. The van der Waals surface area contributed by atoms with E-state index in [1.165, 1.54) is 32.3 Å². The van der Waals surface area contributed by atoms with Crippen LogP contribution in [0.1, 0.15) is 6.85 Å². The van der Waals surface area contributed by atoms with Gasteiger partial charge in [0.15, 0.2) is 17.5 Å². The second kappa shape index (κ2) is 13.8. The van der Waals surface area contributed by atoms with E-state index in [2.05, 4.69) is 150 Å². The van der Waals surface area contributed by atoms with E-state index in [9.17, 15) is 0 Å². The van der Waals surface area contributed by atoms with Crippen LogP contribution in [0.2, 0.25) is 0 Å². The summed E-state index contributed by atoms with van der Waals surface area (Å²) < 4.78 is 47.8. The summed E-state index contributed by atoms with van der Waals surface area (Å²) in [5.74, 6) is 0.631. The number of benzene rings is 10. The first-order chi connectivity index (χ1) is 32.8. The van der Waals surface area contributed by atoms with Crippen LogP contribution in [0.3, 0.4) is 0 Å². The van der Waals surface area contributed by atoms with Crippen molar-refractivity contribution in [2.24, 2.45) is 0 Å². The van der Waals surface area contributed by atoms with Gasteiger partial charge >= 0.3 is 0 Å². The molecule has 0 spiro atoms. The lowest BCUT2D eigenvalue weighted by Gasteiger charge is -2.14. The summed E-state index contributed by atoms with van der Waals surface area (Å²) >= 11 is 1.68. The summed E-state index contributed by atoms with van der Waals surface area (Å²) in [5, 5.41) is 11.6. The van der Waals surface area contributed by atoms with Gasteiger partial charge in [0.25, 0.3) is 0 Å². The number of thiophene rings is 1. The second-order valence-corrected chi connectivity index (χ2v) is 16.5. The highest BCUT2D eigenvalue weighted by Crippen LogP contribution is 2.48. The highest BCUT2D eigenvalue weighted by molar-refractivity contribution is 7.26. The fraction of sp³-hybridized carbons (Fsp3) is 0. The minimum atomic E-state index is -0.481. The smallest absolute Gasteiger partial charge is 0.165 e.